The number of nitrogens with two attached hydrogens (primary N) is 1. The summed E-state index contributed by atoms with van der Waals surface area (Å²) in [5.41, 5.74) is 7.53. The predicted molar refractivity (Wildman–Crippen MR) is 84.5 cm³/mol. The van der Waals surface area contributed by atoms with E-state index in [0.29, 0.717) is 23.6 Å². The molecule has 3 rings (SSSR count). The molecule has 3 aromatic rings. The number of fused-ring (bicyclic) bond motifs is 1. The summed E-state index contributed by atoms with van der Waals surface area (Å²) >= 11 is 1.42. The van der Waals surface area contributed by atoms with Crippen molar-refractivity contribution in [2.75, 3.05) is 12.3 Å². The number of pyridine rings is 1. The fourth-order valence-electron chi connectivity index (χ4n) is 2.04. The molecular formula is C16H14N2O2S. The van der Waals surface area contributed by atoms with E-state index in [4.69, 9.17) is 10.5 Å². The third-order valence-electron chi connectivity index (χ3n) is 3.11. The molecule has 0 saturated heterocycles. The molecule has 0 saturated carbocycles. The van der Waals surface area contributed by atoms with E-state index < -0.39 is 0 Å². The summed E-state index contributed by atoms with van der Waals surface area (Å²) in [6.45, 7) is 0.360. The van der Waals surface area contributed by atoms with Gasteiger partial charge in [-0.05, 0) is 47.3 Å². The second-order valence-electron chi connectivity index (χ2n) is 4.65. The fraction of sp³-hybridized carbons (Fsp3) is 0.125. The Morgan fingerprint density at radius 2 is 2.00 bits per heavy atom. The van der Waals surface area contributed by atoms with Gasteiger partial charge >= 0.3 is 5.97 Å². The third kappa shape index (κ3) is 3.20. The van der Waals surface area contributed by atoms with E-state index in [1.165, 1.54) is 11.3 Å². The van der Waals surface area contributed by atoms with Gasteiger partial charge < -0.3 is 10.5 Å². The SMILES string of the molecule is Nc1ccc2sc(C(=O)OCCc3ccncc3)cc2c1. The zero-order valence-electron chi connectivity index (χ0n) is 11.3. The molecule has 4 nitrogen and oxygen atoms in total. The Bertz CT molecular complexity index is 768. The van der Waals surface area contributed by atoms with Crippen molar-refractivity contribution >= 4 is 33.1 Å². The lowest BCUT2D eigenvalue weighted by Crippen LogP contribution is -2.06. The predicted octanol–water partition coefficient (Wildman–Crippen LogP) is 3.28. The number of aromatic nitrogens is 1. The van der Waals surface area contributed by atoms with Crippen LogP contribution in [0.4, 0.5) is 5.69 Å². The second kappa shape index (κ2) is 5.93. The van der Waals surface area contributed by atoms with Crippen LogP contribution in [0.5, 0.6) is 0 Å². The maximum absolute atomic E-state index is 12.0. The average Bonchev–Trinajstić information content (AvgIpc) is 2.91. The highest BCUT2D eigenvalue weighted by Crippen LogP contribution is 2.27. The molecule has 0 aliphatic heterocycles. The normalized spacial score (nSPS) is 10.7. The maximum Gasteiger partial charge on any atom is 0.348 e. The minimum Gasteiger partial charge on any atom is -0.461 e. The van der Waals surface area contributed by atoms with Crippen LogP contribution in [0.25, 0.3) is 10.1 Å². The van der Waals surface area contributed by atoms with Gasteiger partial charge in [-0.3, -0.25) is 4.98 Å². The van der Waals surface area contributed by atoms with E-state index in [1.54, 1.807) is 12.4 Å². The summed E-state index contributed by atoms with van der Waals surface area (Å²) in [6, 6.07) is 11.3. The van der Waals surface area contributed by atoms with Crippen molar-refractivity contribution in [2.24, 2.45) is 0 Å². The van der Waals surface area contributed by atoms with Crippen LogP contribution in [0.15, 0.2) is 48.8 Å². The summed E-state index contributed by atoms with van der Waals surface area (Å²) in [5, 5.41) is 0.973. The Morgan fingerprint density at radius 3 is 2.81 bits per heavy atom. The van der Waals surface area contributed by atoms with Crippen molar-refractivity contribution in [1.29, 1.82) is 0 Å². The van der Waals surface area contributed by atoms with Crippen molar-refractivity contribution in [1.82, 2.24) is 4.98 Å². The summed E-state index contributed by atoms with van der Waals surface area (Å²) < 4.78 is 6.34. The highest BCUT2D eigenvalue weighted by Gasteiger charge is 2.11. The zero-order valence-corrected chi connectivity index (χ0v) is 12.1. The van der Waals surface area contributed by atoms with Gasteiger partial charge in [-0.1, -0.05) is 0 Å². The van der Waals surface area contributed by atoms with Gasteiger partial charge in [0.05, 0.1) is 6.61 Å². The van der Waals surface area contributed by atoms with Gasteiger partial charge in [0.2, 0.25) is 0 Å². The molecule has 0 radical (unpaired) electrons. The van der Waals surface area contributed by atoms with E-state index in [1.807, 2.05) is 36.4 Å². The Labute approximate surface area is 126 Å². The minimum atomic E-state index is -0.288. The number of carbonyl (C=O) groups excluding carboxylic acids is 1. The number of nitrogens with zero attached hydrogens (tertiary/aromatic N) is 1. The first-order valence-electron chi connectivity index (χ1n) is 6.57. The van der Waals surface area contributed by atoms with Gasteiger partial charge in [0.15, 0.2) is 0 Å². The van der Waals surface area contributed by atoms with Crippen LogP contribution in [-0.4, -0.2) is 17.6 Å². The molecule has 2 heterocycles. The Balaban J connectivity index is 1.64. The van der Waals surface area contributed by atoms with Crippen LogP contribution in [0.2, 0.25) is 0 Å². The molecule has 0 atom stereocenters. The summed E-state index contributed by atoms with van der Waals surface area (Å²) in [6.07, 6.45) is 4.15. The molecule has 0 aliphatic rings. The largest absolute Gasteiger partial charge is 0.461 e. The van der Waals surface area contributed by atoms with Gasteiger partial charge in [0, 0.05) is 29.2 Å². The van der Waals surface area contributed by atoms with Gasteiger partial charge in [-0.2, -0.15) is 0 Å². The van der Waals surface area contributed by atoms with Crippen LogP contribution in [0.1, 0.15) is 15.2 Å². The van der Waals surface area contributed by atoms with Crippen molar-refractivity contribution in [3.8, 4) is 0 Å². The number of hydrogen-bond acceptors (Lipinski definition) is 5. The van der Waals surface area contributed by atoms with E-state index in [0.717, 1.165) is 15.6 Å². The van der Waals surface area contributed by atoms with Gasteiger partial charge in [0.1, 0.15) is 4.88 Å². The highest BCUT2D eigenvalue weighted by atomic mass is 32.1. The molecule has 106 valence electrons. The van der Waals surface area contributed by atoms with Gasteiger partial charge in [0.25, 0.3) is 0 Å². The van der Waals surface area contributed by atoms with Crippen LogP contribution < -0.4 is 5.73 Å². The molecule has 0 amide bonds. The van der Waals surface area contributed by atoms with E-state index in [2.05, 4.69) is 4.98 Å². The number of thiophene rings is 1. The summed E-state index contributed by atoms with van der Waals surface area (Å²) in [5.74, 6) is -0.288. The molecule has 2 aromatic heterocycles. The Hall–Kier alpha value is -2.40. The lowest BCUT2D eigenvalue weighted by atomic mass is 10.2. The number of rotatable bonds is 4. The molecule has 0 fully saturated rings. The molecule has 0 aliphatic carbocycles. The van der Waals surface area contributed by atoms with Crippen LogP contribution in [0.3, 0.4) is 0 Å². The molecule has 21 heavy (non-hydrogen) atoms. The number of ether oxygens (including phenoxy) is 1. The lowest BCUT2D eigenvalue weighted by Gasteiger charge is -2.02. The van der Waals surface area contributed by atoms with Crippen molar-refractivity contribution < 1.29 is 9.53 Å². The monoisotopic (exact) mass is 298 g/mol. The van der Waals surface area contributed by atoms with Crippen molar-refractivity contribution in [3.63, 3.8) is 0 Å². The summed E-state index contributed by atoms with van der Waals surface area (Å²) in [4.78, 5) is 16.6. The van der Waals surface area contributed by atoms with E-state index in [-0.39, 0.29) is 5.97 Å². The van der Waals surface area contributed by atoms with Gasteiger partial charge in [-0.25, -0.2) is 4.79 Å². The van der Waals surface area contributed by atoms with Crippen LogP contribution >= 0.6 is 11.3 Å². The number of hydrogen-bond donors (Lipinski definition) is 1. The highest BCUT2D eigenvalue weighted by molar-refractivity contribution is 7.20. The molecule has 0 spiro atoms. The number of nitrogen functional groups attached to an aromatic ring is 1. The molecule has 0 bridgehead atoms. The first-order valence-corrected chi connectivity index (χ1v) is 7.39. The van der Waals surface area contributed by atoms with Crippen LogP contribution in [-0.2, 0) is 11.2 Å². The minimum absolute atomic E-state index is 0.288. The number of anilines is 1. The van der Waals surface area contributed by atoms with Crippen molar-refractivity contribution in [2.45, 2.75) is 6.42 Å². The molecule has 2 N–H and O–H groups in total. The standard InChI is InChI=1S/C16H14N2O2S/c17-13-1-2-14-12(9-13)10-15(21-14)16(19)20-8-5-11-3-6-18-7-4-11/h1-4,6-7,9-10H,5,8,17H2. The smallest absolute Gasteiger partial charge is 0.348 e. The Kier molecular flexibility index (Phi) is 3.83. The maximum atomic E-state index is 12.0. The van der Waals surface area contributed by atoms with Gasteiger partial charge in [-0.15, -0.1) is 11.3 Å². The fourth-order valence-corrected chi connectivity index (χ4v) is 2.98. The summed E-state index contributed by atoms with van der Waals surface area (Å²) in [7, 11) is 0. The first kappa shape index (κ1) is 13.6. The third-order valence-corrected chi connectivity index (χ3v) is 4.21. The Morgan fingerprint density at radius 1 is 1.19 bits per heavy atom. The number of esters is 1. The number of carbonyl (C=O) groups is 1. The molecular weight excluding hydrogens is 284 g/mol. The quantitative estimate of drug-likeness (QED) is 0.593. The average molecular weight is 298 g/mol. The van der Waals surface area contributed by atoms with Crippen LogP contribution in [0, 0.1) is 0 Å². The lowest BCUT2D eigenvalue weighted by molar-refractivity contribution is 0.0515. The zero-order chi connectivity index (χ0) is 14.7. The molecule has 1 aromatic carbocycles. The van der Waals surface area contributed by atoms with Crippen molar-refractivity contribution in [3.05, 3.63) is 59.2 Å². The first-order chi connectivity index (χ1) is 10.2. The second-order valence-corrected chi connectivity index (χ2v) is 5.73. The topological polar surface area (TPSA) is 65.2 Å². The molecule has 0 unspecified atom stereocenters. The van der Waals surface area contributed by atoms with E-state index in [9.17, 15) is 4.79 Å². The molecule has 5 heteroatoms. The number of benzene rings is 1. The van der Waals surface area contributed by atoms with E-state index >= 15 is 0 Å².